The van der Waals surface area contributed by atoms with Crippen LogP contribution in [0.3, 0.4) is 0 Å². The number of nitrogens with zero attached hydrogens (tertiary/aromatic N) is 1. The lowest BCUT2D eigenvalue weighted by molar-refractivity contribution is -0.280. The molecule has 2 unspecified atom stereocenters. The Labute approximate surface area is 451 Å². The number of methoxy groups -OCH3 is 1. The molecule has 0 aromatic heterocycles. The molecule has 0 aliphatic carbocycles. The lowest BCUT2D eigenvalue weighted by Gasteiger charge is -2.48. The minimum Gasteiger partial charge on any atom is -0.456 e. The predicted molar refractivity (Wildman–Crippen MR) is 291 cm³/mol. The third-order valence-electron chi connectivity index (χ3n) is 16.6. The van der Waals surface area contributed by atoms with Gasteiger partial charge in [-0.3, -0.25) is 29.0 Å². The van der Waals surface area contributed by atoms with Gasteiger partial charge in [-0.25, -0.2) is 5.43 Å². The van der Waals surface area contributed by atoms with E-state index >= 15 is 0 Å². The molecule has 420 valence electrons. The highest BCUT2D eigenvalue weighted by Gasteiger charge is 2.49. The number of aliphatic hydroxyl groups excluding tert-OH is 2. The molecule has 5 aliphatic heterocycles. The van der Waals surface area contributed by atoms with Crippen LogP contribution in [-0.4, -0.2) is 119 Å². The molecular weight excluding hydrogens is 967 g/mol. The number of allylic oxidation sites excluding steroid dienone is 5. The summed E-state index contributed by atoms with van der Waals surface area (Å²) in [5.41, 5.74) is 3.86. The van der Waals surface area contributed by atoms with Crippen LogP contribution >= 0.6 is 0 Å². The van der Waals surface area contributed by atoms with Crippen LogP contribution in [0.4, 0.5) is 0 Å². The first kappa shape index (κ1) is 60.3. The minimum absolute atomic E-state index is 0.0149. The fourth-order valence-corrected chi connectivity index (χ4v) is 11.1. The Kier molecular flexibility index (Phi) is 21.9. The summed E-state index contributed by atoms with van der Waals surface area (Å²) < 4.78 is 25.1. The number of carbonyl (C=O) groups excluding carboxylic acids is 5. The average Bonchev–Trinajstić information content (AvgIpc) is 3.40. The Hall–Kier alpha value is -4.97. The first-order chi connectivity index (χ1) is 36.2. The summed E-state index contributed by atoms with van der Waals surface area (Å²) in [6, 6.07) is 6.44. The molecule has 5 heterocycles. The van der Waals surface area contributed by atoms with Gasteiger partial charge in [0.25, 0.3) is 5.91 Å². The molecule has 6 N–H and O–H groups in total. The molecule has 76 heavy (non-hydrogen) atoms. The third kappa shape index (κ3) is 15.6. The fourth-order valence-electron chi connectivity index (χ4n) is 11.1. The Morgan fingerprint density at radius 1 is 0.974 bits per heavy atom. The van der Waals surface area contributed by atoms with Crippen molar-refractivity contribution in [1.82, 2.24) is 26.4 Å². The molecule has 0 radical (unpaired) electrons. The van der Waals surface area contributed by atoms with Gasteiger partial charge in [-0.1, -0.05) is 127 Å². The van der Waals surface area contributed by atoms with Crippen LogP contribution in [0, 0.1) is 41.4 Å². The van der Waals surface area contributed by atoms with Gasteiger partial charge in [0.2, 0.25) is 17.7 Å². The maximum absolute atomic E-state index is 14.6. The molecule has 1 spiro atoms. The summed E-state index contributed by atoms with van der Waals surface area (Å²) in [4.78, 5) is 70.2. The quantitative estimate of drug-likeness (QED) is 0.0665. The molecule has 16 nitrogen and oxygen atoms in total. The number of hydrazine groups is 1. The van der Waals surface area contributed by atoms with E-state index in [-0.39, 0.29) is 48.0 Å². The number of benzene rings is 1. The van der Waals surface area contributed by atoms with Gasteiger partial charge in [0.05, 0.1) is 30.3 Å². The second-order valence-corrected chi connectivity index (χ2v) is 22.8. The highest BCUT2D eigenvalue weighted by atomic mass is 16.7. The highest BCUT2D eigenvalue weighted by molar-refractivity contribution is 5.93. The maximum atomic E-state index is 14.6. The van der Waals surface area contributed by atoms with Crippen LogP contribution in [-0.2, 0) is 49.3 Å². The van der Waals surface area contributed by atoms with Crippen molar-refractivity contribution in [2.24, 2.45) is 41.4 Å². The smallest absolute Gasteiger partial charge is 0.325 e. The summed E-state index contributed by atoms with van der Waals surface area (Å²) in [5.74, 6) is -4.41. The zero-order valence-corrected chi connectivity index (χ0v) is 46.7. The van der Waals surface area contributed by atoms with E-state index in [0.717, 1.165) is 30.4 Å². The molecule has 0 saturated carbocycles. The van der Waals surface area contributed by atoms with Gasteiger partial charge in [-0.05, 0) is 87.8 Å². The fraction of sp³-hybridized carbons (Fsp3) is 0.650. The summed E-state index contributed by atoms with van der Waals surface area (Å²) >= 11 is 0. The van der Waals surface area contributed by atoms with Crippen LogP contribution < -0.4 is 21.4 Å². The van der Waals surface area contributed by atoms with Crippen LogP contribution in [0.2, 0.25) is 0 Å². The number of esters is 1. The number of aliphatic hydroxyl groups is 2. The summed E-state index contributed by atoms with van der Waals surface area (Å²) in [5, 5.41) is 33.5. The van der Waals surface area contributed by atoms with E-state index in [1.807, 2.05) is 102 Å². The van der Waals surface area contributed by atoms with Crippen molar-refractivity contribution in [3.8, 4) is 0 Å². The monoisotopic (exact) mass is 1060 g/mol. The Morgan fingerprint density at radius 2 is 1.72 bits per heavy atom. The van der Waals surface area contributed by atoms with Crippen molar-refractivity contribution in [3.05, 3.63) is 96.2 Å². The topological polar surface area (TPSA) is 214 Å². The van der Waals surface area contributed by atoms with Gasteiger partial charge in [0.15, 0.2) is 11.5 Å². The highest BCUT2D eigenvalue weighted by Crippen LogP contribution is 2.40. The molecule has 3 fully saturated rings. The Balaban J connectivity index is 1.18. The second kappa shape index (κ2) is 27.6. The van der Waals surface area contributed by atoms with Crippen molar-refractivity contribution < 1.29 is 53.1 Å². The van der Waals surface area contributed by atoms with Gasteiger partial charge >= 0.3 is 5.97 Å². The minimum atomic E-state index is -1.05. The first-order valence-electron chi connectivity index (χ1n) is 28.1. The number of ether oxygens (including phenoxy) is 4. The number of nitrogens with one attached hydrogen (secondary N) is 4. The van der Waals surface area contributed by atoms with E-state index in [1.54, 1.807) is 32.3 Å². The standard InChI is InChI=1S/C60H89N5O11/c1-11-44-34-41(7)60(63-54(44)68)32-29-40(6)51(75-60)36-49(67)38(4)22-15-12-16-23-39(5)50-28-20-14-19-27-48(66)42(8)53-45(30-31-59(9,73-10)76-53)55(69)62-52(37(2)3)56(70)61-47(35-43-24-17-13-18-25-43)57(71)65-33-21-26-46(64-65)58(72)74-50/h12-14,16-20,23-25,27,29,32,37-38,40-42,44-53,64,66-67H,11,15,21-22,26,28,30-31,33-36H2,1-10H3,(H,61,70)(H,62,69)(H,63,68)/b16-12+,20-14+,27-19+,39-23+/t38-,40+,41-,42-,44-,45+,46?,47-,48-,49-,50-,51-,52-,53+,59?,60-/m0/s1. The van der Waals surface area contributed by atoms with Crippen LogP contribution in [0.5, 0.6) is 0 Å². The van der Waals surface area contributed by atoms with E-state index in [0.29, 0.717) is 51.5 Å². The number of piperidine rings is 1. The van der Waals surface area contributed by atoms with Crippen LogP contribution in [0.25, 0.3) is 0 Å². The van der Waals surface area contributed by atoms with E-state index in [2.05, 4.69) is 41.3 Å². The third-order valence-corrected chi connectivity index (χ3v) is 16.6. The lowest BCUT2D eigenvalue weighted by Crippen LogP contribution is -2.62. The Bertz CT molecular complexity index is 2280. The van der Waals surface area contributed by atoms with E-state index < -0.39 is 89.6 Å². The number of cyclic esters (lactones) is 1. The molecule has 4 amide bonds. The molecular formula is C60H89N5O11. The normalized spacial score (nSPS) is 36.2. The van der Waals surface area contributed by atoms with Gasteiger partial charge in [-0.2, -0.15) is 0 Å². The van der Waals surface area contributed by atoms with Crippen LogP contribution in [0.15, 0.2) is 90.6 Å². The van der Waals surface area contributed by atoms with E-state index in [9.17, 15) is 34.2 Å². The number of carbonyl (C=O) groups is 5. The van der Waals surface area contributed by atoms with Crippen molar-refractivity contribution in [3.63, 3.8) is 0 Å². The number of hydrogen-bond donors (Lipinski definition) is 6. The molecule has 6 rings (SSSR count). The molecule has 1 aromatic rings. The summed E-state index contributed by atoms with van der Waals surface area (Å²) in [7, 11) is 1.55. The molecule has 16 heteroatoms. The first-order valence-corrected chi connectivity index (χ1v) is 28.1. The summed E-state index contributed by atoms with van der Waals surface area (Å²) in [6.07, 6.45) is 19.2. The molecule has 5 aliphatic rings. The van der Waals surface area contributed by atoms with Crippen molar-refractivity contribution >= 4 is 29.6 Å². The van der Waals surface area contributed by atoms with Crippen LogP contribution in [0.1, 0.15) is 132 Å². The zero-order chi connectivity index (χ0) is 55.3. The lowest BCUT2D eigenvalue weighted by atomic mass is 9.78. The van der Waals surface area contributed by atoms with Gasteiger partial charge in [-0.15, -0.1) is 0 Å². The van der Waals surface area contributed by atoms with E-state index in [1.165, 1.54) is 5.01 Å². The van der Waals surface area contributed by atoms with Crippen molar-refractivity contribution in [2.75, 3.05) is 13.7 Å². The van der Waals surface area contributed by atoms with Crippen molar-refractivity contribution in [1.29, 1.82) is 0 Å². The summed E-state index contributed by atoms with van der Waals surface area (Å²) in [6.45, 7) is 17.7. The van der Waals surface area contributed by atoms with E-state index in [4.69, 9.17) is 18.9 Å². The van der Waals surface area contributed by atoms with Gasteiger partial charge < -0.3 is 45.1 Å². The zero-order valence-electron chi connectivity index (χ0n) is 46.7. The van der Waals surface area contributed by atoms with Gasteiger partial charge in [0, 0.05) is 63.0 Å². The SMILES string of the molecule is CC[C@H]1C[C@H](C)[C@@]2(C=C[C@@H](C)[C@H](C[C@H](O)[C@@H](C)CC/C=C/C=C(\C)[C@@H]3C/C=C/C=C/[C@H](O)[C@H](C)[C@H]4OC(C)(OC)CC[C@H]4C(=O)N[C@@H](C(C)C)C(=O)N[C@@H](Cc4ccccc4)C(=O)N4CCCC(N4)C(=O)O3)O2)NC1=O. The maximum Gasteiger partial charge on any atom is 0.325 e. The molecule has 1 aromatic carbocycles. The number of hydrogen-bond acceptors (Lipinski definition) is 12. The Morgan fingerprint density at radius 3 is 2.43 bits per heavy atom. The predicted octanol–water partition coefficient (Wildman–Crippen LogP) is 7.07. The van der Waals surface area contributed by atoms with Gasteiger partial charge in [0.1, 0.15) is 24.2 Å². The second-order valence-electron chi connectivity index (χ2n) is 22.8. The number of amides is 4. The molecule has 2 bridgehead atoms. The largest absolute Gasteiger partial charge is 0.456 e. The number of fused-ring (bicyclic) bond motifs is 3. The average molecular weight is 1060 g/mol. The van der Waals surface area contributed by atoms with Crippen molar-refractivity contribution in [2.45, 2.75) is 193 Å². The molecule has 3 saturated heterocycles. The molecule has 16 atom stereocenters. The number of rotatable bonds is 13.